The van der Waals surface area contributed by atoms with Gasteiger partial charge < -0.3 is 4.90 Å². The predicted molar refractivity (Wildman–Crippen MR) is 76.1 cm³/mol. The van der Waals surface area contributed by atoms with Crippen molar-refractivity contribution in [1.82, 2.24) is 4.90 Å². The Kier molecular flexibility index (Phi) is 2.72. The first-order chi connectivity index (χ1) is 9.09. The lowest BCUT2D eigenvalue weighted by atomic mass is 9.49. The van der Waals surface area contributed by atoms with Gasteiger partial charge in [0.15, 0.2) is 0 Å². The fraction of sp³-hybridized carbons (Fsp3) is 0.938. The minimum Gasteiger partial charge on any atom is -0.342 e. The molecular formula is C16H24ClNO. The Morgan fingerprint density at radius 2 is 1.63 bits per heavy atom. The van der Waals surface area contributed by atoms with E-state index in [4.69, 9.17) is 11.6 Å². The van der Waals surface area contributed by atoms with E-state index in [1.54, 1.807) is 0 Å². The van der Waals surface area contributed by atoms with Crippen LogP contribution >= 0.6 is 11.6 Å². The molecule has 5 aliphatic rings. The molecule has 4 aliphatic carbocycles. The zero-order valence-electron chi connectivity index (χ0n) is 11.7. The molecule has 4 bridgehead atoms. The van der Waals surface area contributed by atoms with Gasteiger partial charge in [-0.05, 0) is 69.6 Å². The second-order valence-corrected chi connectivity index (χ2v) is 8.55. The second-order valence-electron chi connectivity index (χ2n) is 7.75. The summed E-state index contributed by atoms with van der Waals surface area (Å²) in [6.07, 6.45) is 10.6. The number of carbonyl (C=O) groups excluding carboxylic acids is 1. The molecule has 0 aromatic heterocycles. The van der Waals surface area contributed by atoms with Crippen LogP contribution in [-0.4, -0.2) is 28.8 Å². The SMILES string of the molecule is O=C(N1CCCCC1)C12C[C@@H]3C[C@H](CC(Cl)(C3)C1)C2. The highest BCUT2D eigenvalue weighted by Gasteiger charge is 2.60. The van der Waals surface area contributed by atoms with E-state index in [1.807, 2.05) is 0 Å². The Morgan fingerprint density at radius 1 is 1.00 bits per heavy atom. The van der Waals surface area contributed by atoms with E-state index in [1.165, 1.54) is 38.5 Å². The lowest BCUT2D eigenvalue weighted by Gasteiger charge is -2.60. The number of halogens is 1. The van der Waals surface area contributed by atoms with Gasteiger partial charge in [-0.25, -0.2) is 0 Å². The Hall–Kier alpha value is -0.240. The number of carbonyl (C=O) groups is 1. The first kappa shape index (κ1) is 12.5. The number of hydrogen-bond donors (Lipinski definition) is 0. The van der Waals surface area contributed by atoms with Crippen molar-refractivity contribution in [2.24, 2.45) is 17.3 Å². The van der Waals surface area contributed by atoms with E-state index in [0.717, 1.165) is 44.2 Å². The maximum absolute atomic E-state index is 13.1. The zero-order chi connectivity index (χ0) is 13.1. The second kappa shape index (κ2) is 4.13. The fourth-order valence-electron chi connectivity index (χ4n) is 5.83. The summed E-state index contributed by atoms with van der Waals surface area (Å²) in [6, 6.07) is 0. The summed E-state index contributed by atoms with van der Waals surface area (Å²) < 4.78 is 0. The third-order valence-electron chi connectivity index (χ3n) is 6.09. The van der Waals surface area contributed by atoms with Crippen LogP contribution in [0.4, 0.5) is 0 Å². The molecule has 5 fully saturated rings. The molecule has 0 N–H and O–H groups in total. The van der Waals surface area contributed by atoms with Crippen LogP contribution in [0.3, 0.4) is 0 Å². The smallest absolute Gasteiger partial charge is 0.228 e. The Morgan fingerprint density at radius 3 is 2.21 bits per heavy atom. The van der Waals surface area contributed by atoms with Gasteiger partial charge in [0.05, 0.1) is 5.41 Å². The number of amides is 1. The molecule has 106 valence electrons. The van der Waals surface area contributed by atoms with Crippen LogP contribution in [0.2, 0.25) is 0 Å². The van der Waals surface area contributed by atoms with Gasteiger partial charge in [-0.1, -0.05) is 0 Å². The van der Waals surface area contributed by atoms with Crippen LogP contribution < -0.4 is 0 Å². The lowest BCUT2D eigenvalue weighted by molar-refractivity contribution is -0.157. The van der Waals surface area contributed by atoms with Gasteiger partial charge >= 0.3 is 0 Å². The van der Waals surface area contributed by atoms with E-state index in [9.17, 15) is 4.79 Å². The van der Waals surface area contributed by atoms with Crippen molar-refractivity contribution in [3.05, 3.63) is 0 Å². The van der Waals surface area contributed by atoms with Crippen LogP contribution in [0.1, 0.15) is 57.8 Å². The molecule has 3 heteroatoms. The van der Waals surface area contributed by atoms with Crippen molar-refractivity contribution in [3.63, 3.8) is 0 Å². The van der Waals surface area contributed by atoms with Gasteiger partial charge in [-0.3, -0.25) is 4.79 Å². The van der Waals surface area contributed by atoms with E-state index in [0.29, 0.717) is 5.91 Å². The maximum Gasteiger partial charge on any atom is 0.228 e. The normalized spacial score (nSPS) is 48.6. The first-order valence-corrected chi connectivity index (χ1v) is 8.45. The number of likely N-dealkylation sites (tertiary alicyclic amines) is 1. The Balaban J connectivity index is 1.60. The summed E-state index contributed by atoms with van der Waals surface area (Å²) >= 11 is 6.83. The van der Waals surface area contributed by atoms with Crippen LogP contribution in [0.15, 0.2) is 0 Å². The van der Waals surface area contributed by atoms with Crippen molar-refractivity contribution < 1.29 is 4.79 Å². The molecule has 19 heavy (non-hydrogen) atoms. The number of nitrogens with zero attached hydrogens (tertiary/aromatic N) is 1. The molecule has 0 aromatic rings. The largest absolute Gasteiger partial charge is 0.342 e. The molecule has 4 saturated carbocycles. The molecule has 5 rings (SSSR count). The van der Waals surface area contributed by atoms with Crippen LogP contribution in [0.25, 0.3) is 0 Å². The van der Waals surface area contributed by atoms with Crippen molar-refractivity contribution in [2.75, 3.05) is 13.1 Å². The molecule has 1 saturated heterocycles. The Labute approximate surface area is 120 Å². The van der Waals surface area contributed by atoms with Gasteiger partial charge in [0.25, 0.3) is 0 Å². The molecule has 1 heterocycles. The predicted octanol–water partition coefficient (Wildman–Crippen LogP) is 3.58. The molecule has 2 nitrogen and oxygen atoms in total. The number of piperidine rings is 1. The molecule has 0 radical (unpaired) electrons. The maximum atomic E-state index is 13.1. The number of rotatable bonds is 1. The monoisotopic (exact) mass is 281 g/mol. The highest BCUT2D eigenvalue weighted by molar-refractivity contribution is 6.24. The third kappa shape index (κ3) is 1.93. The van der Waals surface area contributed by atoms with E-state index >= 15 is 0 Å². The quantitative estimate of drug-likeness (QED) is 0.673. The van der Waals surface area contributed by atoms with E-state index in [-0.39, 0.29) is 10.3 Å². The minimum absolute atomic E-state index is 0.0322. The summed E-state index contributed by atoms with van der Waals surface area (Å²) in [6.45, 7) is 1.98. The first-order valence-electron chi connectivity index (χ1n) is 8.07. The van der Waals surface area contributed by atoms with Crippen molar-refractivity contribution in [1.29, 1.82) is 0 Å². The molecule has 0 unspecified atom stereocenters. The van der Waals surface area contributed by atoms with Crippen molar-refractivity contribution in [3.8, 4) is 0 Å². The zero-order valence-corrected chi connectivity index (χ0v) is 12.4. The molecular weight excluding hydrogens is 258 g/mol. The van der Waals surface area contributed by atoms with Gasteiger partial charge in [0, 0.05) is 18.0 Å². The van der Waals surface area contributed by atoms with Gasteiger partial charge in [-0.2, -0.15) is 0 Å². The summed E-state index contributed by atoms with van der Waals surface area (Å²) in [4.78, 5) is 15.2. The molecule has 0 aromatic carbocycles. The highest BCUT2D eigenvalue weighted by atomic mass is 35.5. The van der Waals surface area contributed by atoms with Gasteiger partial charge in [0.1, 0.15) is 0 Å². The summed E-state index contributed by atoms with van der Waals surface area (Å²) in [7, 11) is 0. The third-order valence-corrected chi connectivity index (χ3v) is 6.53. The average Bonchev–Trinajstić information content (AvgIpc) is 2.36. The summed E-state index contributed by atoms with van der Waals surface area (Å²) in [5.74, 6) is 1.92. The van der Waals surface area contributed by atoms with Gasteiger partial charge in [-0.15, -0.1) is 11.6 Å². The van der Waals surface area contributed by atoms with Crippen LogP contribution in [0.5, 0.6) is 0 Å². The highest BCUT2D eigenvalue weighted by Crippen LogP contribution is 2.64. The van der Waals surface area contributed by atoms with Crippen LogP contribution in [-0.2, 0) is 4.79 Å². The number of alkyl halides is 1. The lowest BCUT2D eigenvalue weighted by Crippen LogP contribution is -2.59. The minimum atomic E-state index is -0.0663. The standard InChI is InChI=1S/C16H24ClNO/c17-16-9-12-6-13(10-16)8-15(7-12,11-16)14(19)18-4-2-1-3-5-18/h12-13H,1-11H2/t12-,13-,15?,16?/m0/s1. The topological polar surface area (TPSA) is 20.3 Å². The molecule has 1 amide bonds. The van der Waals surface area contributed by atoms with Crippen molar-refractivity contribution >= 4 is 17.5 Å². The summed E-state index contributed by atoms with van der Waals surface area (Å²) in [5.41, 5.74) is -0.0663. The van der Waals surface area contributed by atoms with E-state index < -0.39 is 0 Å². The number of hydrogen-bond acceptors (Lipinski definition) is 1. The summed E-state index contributed by atoms with van der Waals surface area (Å²) in [5, 5.41) is 0. The average molecular weight is 282 g/mol. The van der Waals surface area contributed by atoms with Gasteiger partial charge in [0.2, 0.25) is 5.91 Å². The van der Waals surface area contributed by atoms with Crippen molar-refractivity contribution in [2.45, 2.75) is 62.7 Å². The van der Waals surface area contributed by atoms with Crippen LogP contribution in [0, 0.1) is 17.3 Å². The molecule has 2 atom stereocenters. The molecule has 1 aliphatic heterocycles. The molecule has 0 spiro atoms. The van der Waals surface area contributed by atoms with E-state index in [2.05, 4.69) is 4.90 Å². The Bertz CT molecular complexity index is 388. The fourth-order valence-corrected chi connectivity index (χ4v) is 6.53.